The highest BCUT2D eigenvalue weighted by atomic mass is 31.2. The van der Waals surface area contributed by atoms with Gasteiger partial charge in [0, 0.05) is 6.42 Å². The number of quaternary nitrogens is 1. The molecule has 74 heavy (non-hydrogen) atoms. The fourth-order valence-electron chi connectivity index (χ4n) is 9.48. The van der Waals surface area contributed by atoms with Crippen LogP contribution in [-0.4, -0.2) is 73.4 Å². The Hall–Kier alpha value is -1.54. The summed E-state index contributed by atoms with van der Waals surface area (Å²) < 4.78 is 23.7. The molecule has 8 nitrogen and oxygen atoms in total. The van der Waals surface area contributed by atoms with Crippen LogP contribution in [0.3, 0.4) is 0 Å². The second-order valence-corrected chi connectivity index (χ2v) is 24.6. The van der Waals surface area contributed by atoms with Gasteiger partial charge in [-0.15, -0.1) is 0 Å². The van der Waals surface area contributed by atoms with Crippen LogP contribution in [-0.2, 0) is 18.4 Å². The topological polar surface area (TPSA) is 105 Å². The number of hydrogen-bond acceptors (Lipinski definition) is 5. The summed E-state index contributed by atoms with van der Waals surface area (Å²) in [6, 6.07) is -0.871. The average molecular weight is 1060 g/mol. The van der Waals surface area contributed by atoms with E-state index in [2.05, 4.69) is 55.6 Å². The largest absolute Gasteiger partial charge is 0.472 e. The van der Waals surface area contributed by atoms with Crippen molar-refractivity contribution in [1.29, 1.82) is 0 Å². The van der Waals surface area contributed by atoms with Gasteiger partial charge in [0.1, 0.15) is 13.2 Å². The lowest BCUT2D eigenvalue weighted by molar-refractivity contribution is -0.870. The average Bonchev–Trinajstić information content (AvgIpc) is 3.36. The SMILES string of the molecule is CCCCCCCCCCCCCC/C=C\CCCCCCCCCCCCCCCCC(=O)NC(COP(=O)(O)OCC[N+](C)(C)C)C(O)/C=C/CC/C=C/CC/C=C/CCCCCCCCCCCCCC. The van der Waals surface area contributed by atoms with E-state index < -0.39 is 20.0 Å². The molecule has 0 rings (SSSR count). The summed E-state index contributed by atoms with van der Waals surface area (Å²) in [6.07, 6.45) is 75.3. The van der Waals surface area contributed by atoms with Gasteiger partial charge >= 0.3 is 7.82 Å². The molecule has 9 heteroatoms. The van der Waals surface area contributed by atoms with Crippen LogP contribution in [0.15, 0.2) is 48.6 Å². The Morgan fingerprint density at radius 1 is 0.446 bits per heavy atom. The second-order valence-electron chi connectivity index (χ2n) is 23.1. The molecule has 0 saturated carbocycles. The van der Waals surface area contributed by atoms with Crippen molar-refractivity contribution in [2.24, 2.45) is 0 Å². The number of allylic oxidation sites excluding steroid dienone is 7. The summed E-state index contributed by atoms with van der Waals surface area (Å²) in [7, 11) is 1.55. The van der Waals surface area contributed by atoms with E-state index >= 15 is 0 Å². The van der Waals surface area contributed by atoms with E-state index in [-0.39, 0.29) is 19.1 Å². The number of carbonyl (C=O) groups excluding carboxylic acids is 1. The maximum atomic E-state index is 13.0. The van der Waals surface area contributed by atoms with Gasteiger partial charge in [-0.25, -0.2) is 4.57 Å². The Labute approximate surface area is 460 Å². The van der Waals surface area contributed by atoms with Gasteiger partial charge in [-0.1, -0.05) is 281 Å². The van der Waals surface area contributed by atoms with E-state index in [1.165, 1.54) is 244 Å². The van der Waals surface area contributed by atoms with Crippen molar-refractivity contribution in [2.75, 3.05) is 40.9 Å². The van der Waals surface area contributed by atoms with Gasteiger partial charge in [-0.05, 0) is 70.6 Å². The highest BCUT2D eigenvalue weighted by Gasteiger charge is 2.27. The molecule has 3 atom stereocenters. The summed E-state index contributed by atoms with van der Waals surface area (Å²) in [4.78, 5) is 23.3. The number of unbranched alkanes of at least 4 members (excludes halogenated alkanes) is 40. The van der Waals surface area contributed by atoms with E-state index in [9.17, 15) is 19.4 Å². The van der Waals surface area contributed by atoms with Gasteiger partial charge in [0.25, 0.3) is 0 Å². The first-order valence-corrected chi connectivity index (χ1v) is 33.5. The van der Waals surface area contributed by atoms with Crippen LogP contribution in [0.1, 0.15) is 309 Å². The number of rotatable bonds is 59. The van der Waals surface area contributed by atoms with Crippen molar-refractivity contribution >= 4 is 13.7 Å². The van der Waals surface area contributed by atoms with Crippen molar-refractivity contribution < 1.29 is 32.9 Å². The van der Waals surface area contributed by atoms with Crippen LogP contribution in [0.2, 0.25) is 0 Å². The molecule has 0 bridgehead atoms. The molecule has 436 valence electrons. The highest BCUT2D eigenvalue weighted by Crippen LogP contribution is 2.43. The zero-order chi connectivity index (χ0) is 54.2. The van der Waals surface area contributed by atoms with Crippen LogP contribution in [0.4, 0.5) is 0 Å². The van der Waals surface area contributed by atoms with Gasteiger partial charge in [0.2, 0.25) is 5.91 Å². The molecular weight excluding hydrogens is 936 g/mol. The van der Waals surface area contributed by atoms with Gasteiger partial charge in [0.05, 0.1) is 39.9 Å². The minimum Gasteiger partial charge on any atom is -0.387 e. The molecule has 1 amide bonds. The molecule has 0 aromatic carbocycles. The number of nitrogens with one attached hydrogen (secondary N) is 1. The summed E-state index contributed by atoms with van der Waals surface area (Å²) in [5.74, 6) is -0.187. The first-order chi connectivity index (χ1) is 36.0. The second kappa shape index (κ2) is 56.2. The van der Waals surface area contributed by atoms with Gasteiger partial charge < -0.3 is 19.8 Å². The third-order valence-electron chi connectivity index (χ3n) is 14.5. The predicted molar refractivity (Wildman–Crippen MR) is 323 cm³/mol. The standard InChI is InChI=1S/C65H125N2O6P/c1-6-8-10-12-14-16-18-20-22-24-26-28-30-31-32-33-34-35-36-37-39-41-43-45-47-49-51-53-55-57-59-65(69)66-63(62-73-74(70,71)72-61-60-67(3,4)5)64(68)58-56-54-52-50-48-46-44-42-40-38-29-27-25-23-21-19-17-15-13-11-9-7-2/h31-32,40,42,48,50,56,58,63-64,68H,6-30,33-39,41,43-47,49,51-55,57,59-62H2,1-5H3,(H-,66,69,70,71)/p+1/b32-31-,42-40+,50-48+,58-56+. The van der Waals surface area contributed by atoms with Crippen LogP contribution >= 0.6 is 7.82 Å². The molecule has 0 aliphatic carbocycles. The number of aliphatic hydroxyl groups is 1. The molecule has 0 aromatic rings. The summed E-state index contributed by atoms with van der Waals surface area (Å²) in [5, 5.41) is 13.9. The van der Waals surface area contributed by atoms with Gasteiger partial charge in [-0.2, -0.15) is 0 Å². The van der Waals surface area contributed by atoms with Gasteiger partial charge in [-0.3, -0.25) is 13.8 Å². The Kier molecular flexibility index (Phi) is 55.0. The van der Waals surface area contributed by atoms with E-state index in [1.807, 2.05) is 27.2 Å². The number of likely N-dealkylation sites (N-methyl/N-ethyl adjacent to an activating group) is 1. The van der Waals surface area contributed by atoms with Crippen LogP contribution in [0, 0.1) is 0 Å². The van der Waals surface area contributed by atoms with Crippen molar-refractivity contribution in [3.05, 3.63) is 48.6 Å². The predicted octanol–water partition coefficient (Wildman–Crippen LogP) is 19.9. The zero-order valence-corrected chi connectivity index (χ0v) is 50.7. The molecule has 0 aliphatic heterocycles. The Bertz CT molecular complexity index is 1340. The molecule has 0 saturated heterocycles. The normalized spacial score (nSPS) is 14.1. The summed E-state index contributed by atoms with van der Waals surface area (Å²) >= 11 is 0. The quantitative estimate of drug-likeness (QED) is 0.0243. The minimum atomic E-state index is -4.36. The highest BCUT2D eigenvalue weighted by molar-refractivity contribution is 7.47. The first-order valence-electron chi connectivity index (χ1n) is 32.0. The van der Waals surface area contributed by atoms with Crippen LogP contribution < -0.4 is 5.32 Å². The van der Waals surface area contributed by atoms with Crippen LogP contribution in [0.5, 0.6) is 0 Å². The van der Waals surface area contributed by atoms with Crippen molar-refractivity contribution in [1.82, 2.24) is 5.32 Å². The number of aliphatic hydroxyl groups excluding tert-OH is 1. The first kappa shape index (κ1) is 72.5. The van der Waals surface area contributed by atoms with Crippen LogP contribution in [0.25, 0.3) is 0 Å². The lowest BCUT2D eigenvalue weighted by Crippen LogP contribution is -2.45. The van der Waals surface area contributed by atoms with Crippen molar-refractivity contribution in [3.63, 3.8) is 0 Å². The number of carbonyl (C=O) groups is 1. The molecule has 0 radical (unpaired) electrons. The smallest absolute Gasteiger partial charge is 0.387 e. The fraction of sp³-hybridized carbons (Fsp3) is 0.862. The Morgan fingerprint density at radius 3 is 1.08 bits per heavy atom. The molecule has 0 aromatic heterocycles. The van der Waals surface area contributed by atoms with E-state index in [0.29, 0.717) is 17.4 Å². The minimum absolute atomic E-state index is 0.0537. The molecular formula is C65H126N2O6P+. The summed E-state index contributed by atoms with van der Waals surface area (Å²) in [6.45, 7) is 4.83. The number of nitrogens with zero attached hydrogens (tertiary/aromatic N) is 1. The number of hydrogen-bond donors (Lipinski definition) is 3. The van der Waals surface area contributed by atoms with Gasteiger partial charge in [0.15, 0.2) is 0 Å². The van der Waals surface area contributed by atoms with E-state index in [4.69, 9.17) is 9.05 Å². The number of phosphoric ester groups is 1. The van der Waals surface area contributed by atoms with E-state index in [1.54, 1.807) is 6.08 Å². The zero-order valence-electron chi connectivity index (χ0n) is 49.8. The molecule has 0 aliphatic rings. The lowest BCUT2D eigenvalue weighted by atomic mass is 10.0. The third kappa shape index (κ3) is 58.1. The molecule has 3 N–H and O–H groups in total. The monoisotopic (exact) mass is 1060 g/mol. The molecule has 0 heterocycles. The van der Waals surface area contributed by atoms with Crippen molar-refractivity contribution in [2.45, 2.75) is 321 Å². The maximum Gasteiger partial charge on any atom is 0.472 e. The van der Waals surface area contributed by atoms with Crippen molar-refractivity contribution in [3.8, 4) is 0 Å². The lowest BCUT2D eigenvalue weighted by Gasteiger charge is -2.25. The Balaban J connectivity index is 4.15. The molecule has 3 unspecified atom stereocenters. The maximum absolute atomic E-state index is 13.0. The number of amides is 1. The van der Waals surface area contributed by atoms with E-state index in [0.717, 1.165) is 44.9 Å². The molecule has 0 spiro atoms. The summed E-state index contributed by atoms with van der Waals surface area (Å²) in [5.41, 5.74) is 0. The third-order valence-corrected chi connectivity index (χ3v) is 15.5. The number of phosphoric acid groups is 1. The fourth-order valence-corrected chi connectivity index (χ4v) is 10.2. The Morgan fingerprint density at radius 2 is 0.743 bits per heavy atom. The molecule has 0 fully saturated rings.